The van der Waals surface area contributed by atoms with Crippen molar-refractivity contribution in [3.8, 4) is 5.75 Å². The number of nitrogens with zero attached hydrogens (tertiary/aromatic N) is 3. The number of carbonyl (C=O) groups excluding carboxylic acids is 2. The Morgan fingerprint density at radius 1 is 1.03 bits per heavy atom. The molecule has 1 unspecified atom stereocenters. The molecule has 0 saturated heterocycles. The molecule has 0 radical (unpaired) electrons. The first-order chi connectivity index (χ1) is 17.8. The maximum atomic E-state index is 13.9. The number of primary amides is 1. The largest absolute Gasteiger partial charge is 0.492 e. The Kier molecular flexibility index (Phi) is 7.52. The molecule has 190 valence electrons. The maximum absolute atomic E-state index is 13.9. The number of benzene rings is 3. The minimum Gasteiger partial charge on any atom is -0.492 e. The first-order valence-electron chi connectivity index (χ1n) is 11.9. The standard InChI is InChI=1S/C28H29N5O4/c1-4-37-23-17-11-9-15-21(23)31-28(36)33(25(26(29)34)19-12-6-5-7-13-19)18(2)24-27(35)32(3)22-16-10-8-14-20(22)30-24/h5-18,25H,4H2,1-3H3,(H2,29,34)(H,31,36)/t18?,25-/m1/s1. The van der Waals surface area contributed by atoms with E-state index in [0.29, 0.717) is 34.6 Å². The summed E-state index contributed by atoms with van der Waals surface area (Å²) >= 11 is 0. The van der Waals surface area contributed by atoms with Crippen molar-refractivity contribution in [2.45, 2.75) is 25.9 Å². The number of hydrogen-bond donors (Lipinski definition) is 2. The lowest BCUT2D eigenvalue weighted by atomic mass is 10.0. The van der Waals surface area contributed by atoms with E-state index in [0.717, 1.165) is 0 Å². The highest BCUT2D eigenvalue weighted by Crippen LogP contribution is 2.32. The summed E-state index contributed by atoms with van der Waals surface area (Å²) in [5, 5.41) is 2.84. The Morgan fingerprint density at radius 2 is 1.68 bits per heavy atom. The molecule has 1 heterocycles. The normalized spacial score (nSPS) is 12.5. The topological polar surface area (TPSA) is 120 Å². The van der Waals surface area contributed by atoms with Gasteiger partial charge in [0, 0.05) is 7.05 Å². The van der Waals surface area contributed by atoms with Gasteiger partial charge < -0.3 is 20.4 Å². The summed E-state index contributed by atoms with van der Waals surface area (Å²) in [4.78, 5) is 46.0. The third kappa shape index (κ3) is 5.16. The SMILES string of the molecule is CCOc1ccccc1NC(=O)N(C(C)c1nc2ccccc2n(C)c1=O)[C@@H](C(N)=O)c1ccccc1. The van der Waals surface area contributed by atoms with Gasteiger partial charge in [-0.15, -0.1) is 0 Å². The highest BCUT2D eigenvalue weighted by atomic mass is 16.5. The van der Waals surface area contributed by atoms with Crippen LogP contribution in [0.25, 0.3) is 11.0 Å². The van der Waals surface area contributed by atoms with Gasteiger partial charge in [-0.2, -0.15) is 0 Å². The highest BCUT2D eigenvalue weighted by Gasteiger charge is 2.36. The highest BCUT2D eigenvalue weighted by molar-refractivity contribution is 5.95. The Labute approximate surface area is 214 Å². The fourth-order valence-electron chi connectivity index (χ4n) is 4.35. The Morgan fingerprint density at radius 3 is 2.38 bits per heavy atom. The molecule has 4 aromatic rings. The van der Waals surface area contributed by atoms with Gasteiger partial charge in [0.15, 0.2) is 0 Å². The monoisotopic (exact) mass is 499 g/mol. The number of carbonyl (C=O) groups is 2. The molecular weight excluding hydrogens is 470 g/mol. The third-order valence-electron chi connectivity index (χ3n) is 6.15. The molecule has 1 aromatic heterocycles. The number of urea groups is 1. The lowest BCUT2D eigenvalue weighted by Crippen LogP contribution is -2.46. The van der Waals surface area contributed by atoms with Crippen molar-refractivity contribution >= 4 is 28.7 Å². The minimum atomic E-state index is -1.17. The van der Waals surface area contributed by atoms with Crippen LogP contribution in [0.4, 0.5) is 10.5 Å². The van der Waals surface area contributed by atoms with Crippen molar-refractivity contribution in [3.63, 3.8) is 0 Å². The fourth-order valence-corrected chi connectivity index (χ4v) is 4.35. The van der Waals surface area contributed by atoms with Gasteiger partial charge in [-0.05, 0) is 43.7 Å². The average molecular weight is 500 g/mol. The summed E-state index contributed by atoms with van der Waals surface area (Å²) in [6, 6.07) is 20.2. The van der Waals surface area contributed by atoms with Gasteiger partial charge in [-0.3, -0.25) is 14.5 Å². The Bertz CT molecular complexity index is 1490. The van der Waals surface area contributed by atoms with Crippen LogP contribution in [-0.4, -0.2) is 33.0 Å². The van der Waals surface area contributed by atoms with E-state index < -0.39 is 24.0 Å². The summed E-state index contributed by atoms with van der Waals surface area (Å²) in [6.07, 6.45) is 0. The van der Waals surface area contributed by atoms with Crippen LogP contribution in [0.15, 0.2) is 83.7 Å². The second-order valence-corrected chi connectivity index (χ2v) is 8.51. The van der Waals surface area contributed by atoms with Gasteiger partial charge in [0.1, 0.15) is 17.5 Å². The number of rotatable bonds is 8. The molecule has 9 heteroatoms. The number of anilines is 1. The molecule has 4 rings (SSSR count). The molecule has 3 aromatic carbocycles. The number of para-hydroxylation sites is 4. The summed E-state index contributed by atoms with van der Waals surface area (Å²) in [5.41, 5.74) is 7.76. The second kappa shape index (κ2) is 10.9. The molecule has 37 heavy (non-hydrogen) atoms. The number of fused-ring (bicyclic) bond motifs is 1. The average Bonchev–Trinajstić information content (AvgIpc) is 2.90. The van der Waals surface area contributed by atoms with Crippen molar-refractivity contribution < 1.29 is 14.3 Å². The van der Waals surface area contributed by atoms with Gasteiger partial charge in [0.25, 0.3) is 5.56 Å². The van der Waals surface area contributed by atoms with Gasteiger partial charge in [-0.1, -0.05) is 54.6 Å². The number of nitrogens with two attached hydrogens (primary N) is 1. The molecule has 3 N–H and O–H groups in total. The van der Waals surface area contributed by atoms with Crippen LogP contribution in [0.5, 0.6) is 5.75 Å². The molecule has 2 atom stereocenters. The molecule has 0 aliphatic rings. The zero-order valence-corrected chi connectivity index (χ0v) is 20.9. The van der Waals surface area contributed by atoms with Crippen LogP contribution < -0.4 is 21.3 Å². The molecule has 0 fully saturated rings. The lowest BCUT2D eigenvalue weighted by molar-refractivity contribution is -0.123. The maximum Gasteiger partial charge on any atom is 0.323 e. The minimum absolute atomic E-state index is 0.108. The molecule has 0 saturated carbocycles. The van der Waals surface area contributed by atoms with Crippen molar-refractivity contribution in [2.75, 3.05) is 11.9 Å². The summed E-state index contributed by atoms with van der Waals surface area (Å²) < 4.78 is 7.13. The first kappa shape index (κ1) is 25.4. The molecule has 0 aliphatic heterocycles. The number of amides is 3. The number of aromatic nitrogens is 2. The summed E-state index contributed by atoms with van der Waals surface area (Å²) in [6.45, 7) is 3.90. The van der Waals surface area contributed by atoms with Crippen molar-refractivity contribution in [3.05, 3.63) is 100 Å². The van der Waals surface area contributed by atoms with Crippen molar-refractivity contribution in [1.82, 2.24) is 14.5 Å². The molecule has 3 amide bonds. The van der Waals surface area contributed by atoms with Gasteiger partial charge in [0.2, 0.25) is 5.91 Å². The quantitative estimate of drug-likeness (QED) is 0.377. The van der Waals surface area contributed by atoms with E-state index in [4.69, 9.17) is 10.5 Å². The number of hydrogen-bond acceptors (Lipinski definition) is 5. The molecule has 0 aliphatic carbocycles. The van der Waals surface area contributed by atoms with Gasteiger partial charge in [-0.25, -0.2) is 9.78 Å². The predicted octanol–water partition coefficient (Wildman–Crippen LogP) is 4.15. The van der Waals surface area contributed by atoms with E-state index >= 15 is 0 Å². The Hall–Kier alpha value is -4.66. The molecule has 0 spiro atoms. The van der Waals surface area contributed by atoms with Gasteiger partial charge >= 0.3 is 6.03 Å². The first-order valence-corrected chi connectivity index (χ1v) is 11.9. The number of nitrogens with one attached hydrogen (secondary N) is 1. The molecule has 9 nitrogen and oxygen atoms in total. The summed E-state index contributed by atoms with van der Waals surface area (Å²) in [5.74, 6) is -0.273. The van der Waals surface area contributed by atoms with E-state index in [9.17, 15) is 14.4 Å². The lowest BCUT2D eigenvalue weighted by Gasteiger charge is -2.35. The van der Waals surface area contributed by atoms with Crippen LogP contribution in [0, 0.1) is 0 Å². The van der Waals surface area contributed by atoms with E-state index in [-0.39, 0.29) is 11.3 Å². The molecule has 0 bridgehead atoms. The smallest absolute Gasteiger partial charge is 0.323 e. The fraction of sp³-hybridized carbons (Fsp3) is 0.214. The van der Waals surface area contributed by atoms with Crippen LogP contribution >= 0.6 is 0 Å². The van der Waals surface area contributed by atoms with Crippen LogP contribution in [0.2, 0.25) is 0 Å². The second-order valence-electron chi connectivity index (χ2n) is 8.51. The van der Waals surface area contributed by atoms with Gasteiger partial charge in [0.05, 0.1) is 29.4 Å². The van der Waals surface area contributed by atoms with E-state index in [2.05, 4.69) is 10.3 Å². The predicted molar refractivity (Wildman–Crippen MR) is 142 cm³/mol. The van der Waals surface area contributed by atoms with E-state index in [1.165, 1.54) is 9.47 Å². The molecular formula is C28H29N5O4. The van der Waals surface area contributed by atoms with Crippen LogP contribution in [0.1, 0.15) is 37.2 Å². The zero-order chi connectivity index (χ0) is 26.5. The van der Waals surface area contributed by atoms with E-state index in [1.54, 1.807) is 80.7 Å². The van der Waals surface area contributed by atoms with Crippen molar-refractivity contribution in [1.29, 1.82) is 0 Å². The van der Waals surface area contributed by atoms with Crippen molar-refractivity contribution in [2.24, 2.45) is 12.8 Å². The summed E-state index contributed by atoms with van der Waals surface area (Å²) in [7, 11) is 1.65. The van der Waals surface area contributed by atoms with E-state index in [1.807, 2.05) is 19.1 Å². The zero-order valence-electron chi connectivity index (χ0n) is 20.9. The van der Waals surface area contributed by atoms with Crippen LogP contribution in [0.3, 0.4) is 0 Å². The third-order valence-corrected chi connectivity index (χ3v) is 6.15. The number of ether oxygens (including phenoxy) is 1. The number of aryl methyl sites for hydroxylation is 1. The Balaban J connectivity index is 1.85. The van der Waals surface area contributed by atoms with Crippen LogP contribution in [-0.2, 0) is 11.8 Å².